The second-order valence-electron chi connectivity index (χ2n) is 10.2. The van der Waals surface area contributed by atoms with Crippen LogP contribution in [0.3, 0.4) is 0 Å². The molecule has 0 bridgehead atoms. The Kier molecular flexibility index (Phi) is 12.3. The Morgan fingerprint density at radius 2 is 1.00 bits per heavy atom. The highest BCUT2D eigenvalue weighted by Crippen LogP contribution is 2.38. The van der Waals surface area contributed by atoms with Crippen LogP contribution < -0.4 is 0 Å². The molecule has 0 amide bonds. The highest BCUT2D eigenvalue weighted by atomic mass is 16.6. The normalized spacial score (nSPS) is 22.4. The predicted molar refractivity (Wildman–Crippen MR) is 140 cm³/mol. The molecule has 1 nitrogen and oxygen atoms in total. The fourth-order valence-corrected chi connectivity index (χ4v) is 3.69. The van der Waals surface area contributed by atoms with Crippen LogP contribution in [0.1, 0.15) is 121 Å². The van der Waals surface area contributed by atoms with E-state index in [-0.39, 0.29) is 5.60 Å². The molecule has 0 radical (unpaired) electrons. The fourth-order valence-electron chi connectivity index (χ4n) is 3.69. The Labute approximate surface area is 195 Å². The Bertz CT molecular complexity index is 728. The quantitative estimate of drug-likeness (QED) is 0.144. The van der Waals surface area contributed by atoms with E-state index in [4.69, 9.17) is 6.11 Å². The third-order valence-electron chi connectivity index (χ3n) is 6.06. The average Bonchev–Trinajstić information content (AvgIpc) is 3.21. The van der Waals surface area contributed by atoms with Crippen molar-refractivity contribution in [3.05, 3.63) is 58.2 Å². The van der Waals surface area contributed by atoms with Crippen molar-refractivity contribution in [1.29, 1.82) is 0 Å². The second-order valence-corrected chi connectivity index (χ2v) is 10.2. The first-order valence-corrected chi connectivity index (χ1v) is 12.4. The zero-order chi connectivity index (χ0) is 24.2. The summed E-state index contributed by atoms with van der Waals surface area (Å²) < 4.78 is 13.8. The van der Waals surface area contributed by atoms with E-state index < -0.39 is 6.08 Å². The predicted octanol–water partition coefficient (Wildman–Crippen LogP) is 9.82. The fraction of sp³-hybridized carbons (Fsp3) is 0.667. The minimum absolute atomic E-state index is 0.264. The molecule has 1 rings (SSSR count). The Hall–Kier alpha value is -1.34. The van der Waals surface area contributed by atoms with Gasteiger partial charge in [0.1, 0.15) is 0 Å². The maximum atomic E-state index is 8.23. The minimum Gasteiger partial charge on any atom is -0.367 e. The lowest BCUT2D eigenvalue weighted by Gasteiger charge is -2.03. The number of epoxide rings is 1. The van der Waals surface area contributed by atoms with Gasteiger partial charge in [0.25, 0.3) is 0 Å². The molecule has 31 heavy (non-hydrogen) atoms. The maximum Gasteiger partial charge on any atom is 0.0892 e. The van der Waals surface area contributed by atoms with Gasteiger partial charge in [-0.2, -0.15) is 0 Å². The largest absolute Gasteiger partial charge is 0.367 e. The van der Waals surface area contributed by atoms with Gasteiger partial charge >= 0.3 is 0 Å². The zero-order valence-corrected chi connectivity index (χ0v) is 21.9. The molecule has 0 saturated carbocycles. The Morgan fingerprint density at radius 1 is 0.645 bits per heavy atom. The van der Waals surface area contributed by atoms with Crippen molar-refractivity contribution in [2.45, 2.75) is 131 Å². The van der Waals surface area contributed by atoms with Gasteiger partial charge in [-0.15, -0.1) is 0 Å². The summed E-state index contributed by atoms with van der Waals surface area (Å²) in [6, 6.07) is 0. The van der Waals surface area contributed by atoms with Gasteiger partial charge in [-0.1, -0.05) is 58.2 Å². The summed E-state index contributed by atoms with van der Waals surface area (Å²) in [5.41, 5.74) is 7.05. The smallest absolute Gasteiger partial charge is 0.0892 e. The molecule has 0 spiro atoms. The molecule has 1 unspecified atom stereocenters. The van der Waals surface area contributed by atoms with Crippen LogP contribution in [0.2, 0.25) is 0 Å². The summed E-state index contributed by atoms with van der Waals surface area (Å²) in [6.07, 6.45) is 22.2. The molecule has 1 atom stereocenters. The molecule has 1 aliphatic rings. The molecule has 0 aromatic rings. The standard InChI is InChI=1S/C30H50O/c1-24(2)14-11-17-27(5)20-12-18-25(3)15-9-10-16-26(4)19-13-21-28(6)22-23-29-30(7,8)31-29/h14-16,20-21,29H,9-13,17-19,22-23H2,1-8H3/b25-15+,26-16+,27-20+,28-21+/i29T. The van der Waals surface area contributed by atoms with E-state index in [2.05, 4.69) is 71.9 Å². The van der Waals surface area contributed by atoms with Crippen molar-refractivity contribution in [3.63, 3.8) is 0 Å². The number of ether oxygens (including phenoxy) is 1. The van der Waals surface area contributed by atoms with Crippen LogP contribution in [0.25, 0.3) is 0 Å². The van der Waals surface area contributed by atoms with Crippen LogP contribution in [0.5, 0.6) is 0 Å². The van der Waals surface area contributed by atoms with Crippen molar-refractivity contribution in [2.75, 3.05) is 0 Å². The number of hydrogen-bond donors (Lipinski definition) is 0. The monoisotopic (exact) mass is 428 g/mol. The van der Waals surface area contributed by atoms with Crippen LogP contribution in [0.4, 0.5) is 0 Å². The number of unbranched alkanes of at least 4 members (excludes halogenated alkanes) is 1. The van der Waals surface area contributed by atoms with Crippen molar-refractivity contribution in [1.82, 2.24) is 0 Å². The lowest BCUT2D eigenvalue weighted by atomic mass is 10.0. The minimum atomic E-state index is -0.663. The van der Waals surface area contributed by atoms with Gasteiger partial charge in [0.2, 0.25) is 0 Å². The summed E-state index contributed by atoms with van der Waals surface area (Å²) in [7, 11) is 0. The summed E-state index contributed by atoms with van der Waals surface area (Å²) in [5, 5.41) is 0. The van der Waals surface area contributed by atoms with E-state index in [9.17, 15) is 0 Å². The lowest BCUT2D eigenvalue weighted by molar-refractivity contribution is 0.320. The van der Waals surface area contributed by atoms with Gasteiger partial charge in [-0.3, -0.25) is 0 Å². The summed E-state index contributed by atoms with van der Waals surface area (Å²) in [5.74, 6) is 0. The van der Waals surface area contributed by atoms with Gasteiger partial charge in [0, 0.05) is 0 Å². The molecule has 1 saturated heterocycles. The highest BCUT2D eigenvalue weighted by Gasteiger charge is 2.46. The third-order valence-corrected chi connectivity index (χ3v) is 6.06. The second kappa shape index (κ2) is 14.7. The molecular formula is C30H50O. The molecule has 1 heteroatoms. The van der Waals surface area contributed by atoms with E-state index in [1.807, 2.05) is 13.8 Å². The molecule has 0 N–H and O–H groups in total. The maximum absolute atomic E-state index is 8.23. The average molecular weight is 429 g/mol. The van der Waals surface area contributed by atoms with Gasteiger partial charge in [0.15, 0.2) is 0 Å². The zero-order valence-electron chi connectivity index (χ0n) is 22.9. The van der Waals surface area contributed by atoms with Crippen molar-refractivity contribution >= 4 is 0 Å². The molecule has 0 aromatic heterocycles. The third kappa shape index (κ3) is 14.4. The van der Waals surface area contributed by atoms with Crippen LogP contribution >= 0.6 is 0 Å². The molecule has 1 heterocycles. The molecule has 176 valence electrons. The Balaban J connectivity index is 2.19. The van der Waals surface area contributed by atoms with Crippen molar-refractivity contribution < 1.29 is 6.11 Å². The van der Waals surface area contributed by atoms with Crippen LogP contribution in [-0.2, 0) is 4.74 Å². The van der Waals surface area contributed by atoms with Crippen molar-refractivity contribution in [3.8, 4) is 0 Å². The molecule has 0 aromatic carbocycles. The number of rotatable bonds is 15. The molecule has 0 aliphatic carbocycles. The van der Waals surface area contributed by atoms with Gasteiger partial charge in [-0.05, 0) is 120 Å². The SMILES string of the molecule is [3H]C1(CC/C(C)=C/CC/C(C)=C/CC/C=C(\C)CC/C=C(\C)CCC=C(C)C)OC1(C)C. The number of hydrogen-bond acceptors (Lipinski definition) is 1. The first-order chi connectivity index (χ1) is 14.9. The first-order valence-electron chi connectivity index (χ1n) is 12.9. The summed E-state index contributed by atoms with van der Waals surface area (Å²) in [6.45, 7) is 17.3. The van der Waals surface area contributed by atoms with Crippen LogP contribution in [0, 0.1) is 0 Å². The van der Waals surface area contributed by atoms with Gasteiger partial charge < -0.3 is 4.74 Å². The van der Waals surface area contributed by atoms with Crippen LogP contribution in [-0.4, -0.2) is 11.7 Å². The lowest BCUT2D eigenvalue weighted by Crippen LogP contribution is -2.02. The van der Waals surface area contributed by atoms with E-state index >= 15 is 0 Å². The first kappa shape index (κ1) is 25.9. The van der Waals surface area contributed by atoms with E-state index in [0.717, 1.165) is 44.9 Å². The number of allylic oxidation sites excluding steroid dienone is 10. The van der Waals surface area contributed by atoms with E-state index in [1.54, 1.807) is 0 Å². The van der Waals surface area contributed by atoms with E-state index in [0.29, 0.717) is 0 Å². The molecule has 1 aliphatic heterocycles. The van der Waals surface area contributed by atoms with Gasteiger partial charge in [0.05, 0.1) is 13.1 Å². The molecular weight excluding hydrogens is 376 g/mol. The Morgan fingerprint density at radius 3 is 1.39 bits per heavy atom. The topological polar surface area (TPSA) is 12.5 Å². The van der Waals surface area contributed by atoms with E-state index in [1.165, 1.54) is 47.1 Å². The van der Waals surface area contributed by atoms with Crippen LogP contribution in [0.15, 0.2) is 58.2 Å². The molecule has 1 fully saturated rings. The summed E-state index contributed by atoms with van der Waals surface area (Å²) >= 11 is 0. The summed E-state index contributed by atoms with van der Waals surface area (Å²) in [4.78, 5) is 0. The van der Waals surface area contributed by atoms with Gasteiger partial charge in [-0.25, -0.2) is 0 Å². The van der Waals surface area contributed by atoms with Crippen molar-refractivity contribution in [2.24, 2.45) is 0 Å². The highest BCUT2D eigenvalue weighted by molar-refractivity contribution is 5.08.